The molecular formula is C45H35N3O2S. The second kappa shape index (κ2) is 12.7. The molecule has 2 aliphatic rings. The van der Waals surface area contributed by atoms with E-state index >= 15 is 0 Å². The molecule has 0 spiro atoms. The van der Waals surface area contributed by atoms with Crippen LogP contribution in [0.25, 0.3) is 40.0 Å². The van der Waals surface area contributed by atoms with Gasteiger partial charge in [0.25, 0.3) is 5.56 Å². The summed E-state index contributed by atoms with van der Waals surface area (Å²) >= 11 is 1.46. The number of aryl methyl sites for hydroxylation is 2. The summed E-state index contributed by atoms with van der Waals surface area (Å²) in [4.78, 5) is 20.8. The van der Waals surface area contributed by atoms with Crippen molar-refractivity contribution in [2.45, 2.75) is 25.8 Å². The molecular weight excluding hydrogens is 647 g/mol. The Hall–Kier alpha value is -5.98. The molecule has 51 heavy (non-hydrogen) atoms. The second-order valence-electron chi connectivity index (χ2n) is 13.1. The number of methoxy groups -OCH3 is 1. The molecule has 0 amide bonds. The summed E-state index contributed by atoms with van der Waals surface area (Å²) in [5.74, 6) is 0.763. The average molecular weight is 682 g/mol. The number of rotatable bonds is 6. The van der Waals surface area contributed by atoms with Crippen molar-refractivity contribution < 1.29 is 4.74 Å². The van der Waals surface area contributed by atoms with Gasteiger partial charge >= 0.3 is 0 Å². The molecule has 1 aliphatic carbocycles. The summed E-state index contributed by atoms with van der Waals surface area (Å²) < 4.78 is 10.8. The molecule has 3 heterocycles. The Bertz CT molecular complexity index is 2650. The Balaban J connectivity index is 1.33. The van der Waals surface area contributed by atoms with Crippen LogP contribution in [-0.4, -0.2) is 16.2 Å². The fourth-order valence-electron chi connectivity index (χ4n) is 7.65. The largest absolute Gasteiger partial charge is 0.496 e. The zero-order valence-corrected chi connectivity index (χ0v) is 29.2. The highest BCUT2D eigenvalue weighted by Gasteiger charge is 2.34. The van der Waals surface area contributed by atoms with Crippen LogP contribution in [0.2, 0.25) is 0 Å². The molecule has 0 fully saturated rings. The molecule has 0 saturated carbocycles. The maximum Gasteiger partial charge on any atom is 0.271 e. The lowest BCUT2D eigenvalue weighted by Crippen LogP contribution is -2.39. The highest BCUT2D eigenvalue weighted by molar-refractivity contribution is 7.07. The molecule has 0 unspecified atom stereocenters. The first-order chi connectivity index (χ1) is 25.1. The summed E-state index contributed by atoms with van der Waals surface area (Å²) in [5.41, 5.74) is 12.9. The SMILES string of the molecule is COc1ccccc1[C@H]1C2=C(N=c3s/c(=C/c4cc(-c5ccccc5)n(-c5ccc(C)cc5)c4-c4ccccc4)c(=O)n31)c1ccccc1CC2. The van der Waals surface area contributed by atoms with Crippen LogP contribution in [0.4, 0.5) is 0 Å². The van der Waals surface area contributed by atoms with Crippen molar-refractivity contribution in [3.63, 3.8) is 0 Å². The van der Waals surface area contributed by atoms with Crippen LogP contribution >= 0.6 is 11.3 Å². The van der Waals surface area contributed by atoms with Gasteiger partial charge in [-0.1, -0.05) is 132 Å². The first kappa shape index (κ1) is 31.0. The maximum absolute atomic E-state index is 14.9. The first-order valence-electron chi connectivity index (χ1n) is 17.3. The quantitative estimate of drug-likeness (QED) is 0.176. The smallest absolute Gasteiger partial charge is 0.271 e. The maximum atomic E-state index is 14.9. The molecule has 1 atom stereocenters. The Morgan fingerprint density at radius 2 is 1.47 bits per heavy atom. The lowest BCUT2D eigenvalue weighted by Gasteiger charge is -2.31. The van der Waals surface area contributed by atoms with E-state index in [9.17, 15) is 4.79 Å². The fourth-order valence-corrected chi connectivity index (χ4v) is 8.64. The summed E-state index contributed by atoms with van der Waals surface area (Å²) in [5, 5.41) is 0. The van der Waals surface area contributed by atoms with Crippen molar-refractivity contribution in [3.8, 4) is 34.0 Å². The van der Waals surface area contributed by atoms with Gasteiger partial charge in [-0.25, -0.2) is 4.99 Å². The summed E-state index contributed by atoms with van der Waals surface area (Å²) in [6.45, 7) is 2.11. The van der Waals surface area contributed by atoms with Gasteiger partial charge in [0.2, 0.25) is 0 Å². The molecule has 0 bridgehead atoms. The molecule has 6 heteroatoms. The molecule has 2 aromatic heterocycles. The second-order valence-corrected chi connectivity index (χ2v) is 14.1. The molecule has 0 N–H and O–H groups in total. The van der Waals surface area contributed by atoms with Gasteiger partial charge in [-0.15, -0.1) is 0 Å². The number of benzene rings is 5. The van der Waals surface area contributed by atoms with Crippen LogP contribution in [-0.2, 0) is 6.42 Å². The van der Waals surface area contributed by atoms with Crippen molar-refractivity contribution in [2.75, 3.05) is 7.11 Å². The number of hydrogen-bond donors (Lipinski definition) is 0. The molecule has 5 nitrogen and oxygen atoms in total. The number of fused-ring (bicyclic) bond motifs is 3. The summed E-state index contributed by atoms with van der Waals surface area (Å²) in [6.07, 6.45) is 3.79. The van der Waals surface area contributed by atoms with Gasteiger partial charge in [0.15, 0.2) is 4.80 Å². The molecule has 7 aromatic rings. The van der Waals surface area contributed by atoms with Crippen LogP contribution in [0.3, 0.4) is 0 Å². The van der Waals surface area contributed by atoms with Gasteiger partial charge in [-0.3, -0.25) is 9.36 Å². The van der Waals surface area contributed by atoms with E-state index in [1.807, 2.05) is 34.9 Å². The van der Waals surface area contributed by atoms with Crippen LogP contribution in [0, 0.1) is 6.92 Å². The molecule has 5 aromatic carbocycles. The van der Waals surface area contributed by atoms with E-state index < -0.39 is 0 Å². The number of para-hydroxylation sites is 1. The number of thiazole rings is 1. The van der Waals surface area contributed by atoms with Crippen LogP contribution in [0.5, 0.6) is 5.75 Å². The minimum Gasteiger partial charge on any atom is -0.496 e. The van der Waals surface area contributed by atoms with E-state index in [2.05, 4.69) is 127 Å². The molecule has 9 rings (SSSR count). The first-order valence-corrected chi connectivity index (χ1v) is 18.1. The van der Waals surface area contributed by atoms with Gasteiger partial charge < -0.3 is 9.30 Å². The predicted molar refractivity (Wildman–Crippen MR) is 207 cm³/mol. The molecule has 0 saturated heterocycles. The summed E-state index contributed by atoms with van der Waals surface area (Å²) in [7, 11) is 1.70. The van der Waals surface area contributed by atoms with Gasteiger partial charge in [0, 0.05) is 22.4 Å². The topological polar surface area (TPSA) is 48.5 Å². The van der Waals surface area contributed by atoms with Crippen LogP contribution in [0.15, 0.2) is 155 Å². The highest BCUT2D eigenvalue weighted by atomic mass is 32.1. The summed E-state index contributed by atoms with van der Waals surface area (Å²) in [6, 6.07) is 48.0. The lowest BCUT2D eigenvalue weighted by molar-refractivity contribution is 0.402. The third-order valence-corrected chi connectivity index (χ3v) is 11.0. The fraction of sp³-hybridized carbons (Fsp3) is 0.111. The molecule has 1 aliphatic heterocycles. The third-order valence-electron chi connectivity index (χ3n) is 10.0. The van der Waals surface area contributed by atoms with E-state index in [1.54, 1.807) is 7.11 Å². The Morgan fingerprint density at radius 3 is 2.24 bits per heavy atom. The van der Waals surface area contributed by atoms with Gasteiger partial charge in [-0.05, 0) is 72.4 Å². The van der Waals surface area contributed by atoms with Crippen molar-refractivity contribution in [2.24, 2.45) is 4.99 Å². The third kappa shape index (κ3) is 5.31. The van der Waals surface area contributed by atoms with Crippen molar-refractivity contribution in [3.05, 3.63) is 193 Å². The lowest BCUT2D eigenvalue weighted by atomic mass is 9.83. The van der Waals surface area contributed by atoms with Crippen molar-refractivity contribution in [1.29, 1.82) is 0 Å². The zero-order valence-electron chi connectivity index (χ0n) is 28.4. The predicted octanol–water partition coefficient (Wildman–Crippen LogP) is 8.76. The van der Waals surface area contributed by atoms with Crippen LogP contribution < -0.4 is 19.6 Å². The number of allylic oxidation sites excluding steroid dienone is 1. The van der Waals surface area contributed by atoms with Crippen LogP contribution in [0.1, 0.15) is 40.3 Å². The van der Waals surface area contributed by atoms with E-state index in [4.69, 9.17) is 9.73 Å². The van der Waals surface area contributed by atoms with Gasteiger partial charge in [0.1, 0.15) is 5.75 Å². The van der Waals surface area contributed by atoms with Gasteiger partial charge in [-0.2, -0.15) is 0 Å². The molecule has 248 valence electrons. The molecule has 0 radical (unpaired) electrons. The van der Waals surface area contributed by atoms with Crippen molar-refractivity contribution in [1.82, 2.24) is 9.13 Å². The van der Waals surface area contributed by atoms with E-state index in [1.165, 1.54) is 22.5 Å². The number of hydrogen-bond acceptors (Lipinski definition) is 4. The van der Waals surface area contributed by atoms with E-state index in [0.717, 1.165) is 74.8 Å². The number of aromatic nitrogens is 2. The Labute approximate surface area is 300 Å². The zero-order chi connectivity index (χ0) is 34.5. The number of nitrogens with zero attached hydrogens (tertiary/aromatic N) is 3. The minimum atomic E-state index is -0.325. The van der Waals surface area contributed by atoms with Gasteiger partial charge in [0.05, 0.1) is 34.8 Å². The normalized spacial score (nSPS) is 15.2. The van der Waals surface area contributed by atoms with E-state index in [0.29, 0.717) is 9.33 Å². The highest BCUT2D eigenvalue weighted by Crippen LogP contribution is 2.43. The average Bonchev–Trinajstić information content (AvgIpc) is 3.71. The Morgan fingerprint density at radius 1 is 0.784 bits per heavy atom. The van der Waals surface area contributed by atoms with Crippen molar-refractivity contribution >= 4 is 23.1 Å². The monoisotopic (exact) mass is 681 g/mol. The number of ether oxygens (including phenoxy) is 1. The van der Waals surface area contributed by atoms with E-state index in [-0.39, 0.29) is 11.6 Å². The minimum absolute atomic E-state index is 0.0524. The Kier molecular flexibility index (Phi) is 7.74. The standard InChI is InChI=1S/C45H35N3O2S/c1-29-21-24-34(25-22-29)47-38(31-14-5-3-6-15-31)27-33(42(47)32-16-7-4-8-17-32)28-40-44(49)48-43(36-19-11-12-20-39(36)50-2)37-26-23-30-13-9-10-18-35(30)41(37)46-45(48)51-40/h3-22,24-25,27-28,43H,23,26H2,1-2H3/b40-28+/t43-/m0/s1.